The monoisotopic (exact) mass is 345 g/mol. The third-order valence-electron chi connectivity index (χ3n) is 3.57. The molecule has 0 heterocycles. The molecule has 5 heteroatoms. The summed E-state index contributed by atoms with van der Waals surface area (Å²) in [5, 5.41) is 3.01. The van der Waals surface area contributed by atoms with E-state index < -0.39 is 0 Å². The molecular weight excluding hydrogens is 320 g/mol. The summed E-state index contributed by atoms with van der Waals surface area (Å²) < 4.78 is 5.13. The minimum absolute atomic E-state index is 0.0443. The molecule has 2 aromatic carbocycles. The van der Waals surface area contributed by atoms with Crippen molar-refractivity contribution in [2.45, 2.75) is 18.0 Å². The lowest BCUT2D eigenvalue weighted by Crippen LogP contribution is -3.04. The van der Waals surface area contributed by atoms with E-state index in [9.17, 15) is 4.79 Å². The lowest BCUT2D eigenvalue weighted by atomic mass is 10.1. The Hall–Kier alpha value is -1.98. The fraction of sp³-hybridized carbons (Fsp3) is 0.316. The number of rotatable bonds is 8. The van der Waals surface area contributed by atoms with E-state index >= 15 is 0 Å². The van der Waals surface area contributed by atoms with E-state index in [0.717, 1.165) is 17.2 Å². The second kappa shape index (κ2) is 9.35. The molecule has 0 aromatic heterocycles. The van der Waals surface area contributed by atoms with Crippen molar-refractivity contribution in [1.82, 2.24) is 5.32 Å². The summed E-state index contributed by atoms with van der Waals surface area (Å²) in [5.41, 5.74) is 2.46. The van der Waals surface area contributed by atoms with Gasteiger partial charge in [0.2, 0.25) is 5.91 Å². The third-order valence-corrected chi connectivity index (χ3v) is 4.58. The topological polar surface area (TPSA) is 42.8 Å². The van der Waals surface area contributed by atoms with Gasteiger partial charge in [0.1, 0.15) is 12.3 Å². The smallest absolute Gasteiger partial charge is 0.230 e. The standard InChI is InChI=1S/C19H24N2O2S/c1-21(2)13-16-7-5-4-6-15(16)12-20-19(22)14-24-18-10-8-17(23-3)9-11-18/h4-11H,12-14H2,1-3H3,(H,20,22)/p+1. The van der Waals surface area contributed by atoms with Crippen LogP contribution in [0.25, 0.3) is 0 Å². The van der Waals surface area contributed by atoms with Crippen LogP contribution in [-0.4, -0.2) is 32.9 Å². The fourth-order valence-electron chi connectivity index (χ4n) is 2.35. The fourth-order valence-corrected chi connectivity index (χ4v) is 3.08. The van der Waals surface area contributed by atoms with Crippen molar-refractivity contribution >= 4 is 17.7 Å². The van der Waals surface area contributed by atoms with Crippen molar-refractivity contribution in [3.8, 4) is 5.75 Å². The van der Waals surface area contributed by atoms with E-state index in [-0.39, 0.29) is 5.91 Å². The Kier molecular flexibility index (Phi) is 7.15. The predicted octanol–water partition coefficient (Wildman–Crippen LogP) is 1.75. The molecule has 1 amide bonds. The van der Waals surface area contributed by atoms with Gasteiger partial charge in [0, 0.05) is 17.0 Å². The summed E-state index contributed by atoms with van der Waals surface area (Å²) in [6.07, 6.45) is 0. The number of carbonyl (C=O) groups excluding carboxylic acids is 1. The van der Waals surface area contributed by atoms with Gasteiger partial charge in [-0.25, -0.2) is 0 Å². The Morgan fingerprint density at radius 2 is 1.75 bits per heavy atom. The van der Waals surface area contributed by atoms with Crippen LogP contribution in [0.15, 0.2) is 53.4 Å². The SMILES string of the molecule is COc1ccc(SCC(=O)NCc2ccccc2C[NH+](C)C)cc1. The Bertz CT molecular complexity index is 657. The number of benzene rings is 2. The quantitative estimate of drug-likeness (QED) is 0.717. The lowest BCUT2D eigenvalue weighted by molar-refractivity contribution is -0.872. The molecule has 2 aromatic rings. The van der Waals surface area contributed by atoms with Crippen LogP contribution in [0.4, 0.5) is 0 Å². The number of nitrogens with one attached hydrogen (secondary N) is 2. The van der Waals surface area contributed by atoms with Crippen LogP contribution >= 0.6 is 11.8 Å². The number of ether oxygens (including phenoxy) is 1. The van der Waals surface area contributed by atoms with Gasteiger partial charge in [-0.05, 0) is 29.8 Å². The maximum absolute atomic E-state index is 12.1. The summed E-state index contributed by atoms with van der Waals surface area (Å²) in [5.74, 6) is 1.28. The van der Waals surface area contributed by atoms with E-state index in [1.54, 1.807) is 7.11 Å². The molecule has 0 aliphatic rings. The Morgan fingerprint density at radius 1 is 1.08 bits per heavy atom. The zero-order valence-corrected chi connectivity index (χ0v) is 15.3. The molecule has 128 valence electrons. The molecule has 0 unspecified atom stereocenters. The van der Waals surface area contributed by atoms with Gasteiger partial charge >= 0.3 is 0 Å². The van der Waals surface area contributed by atoms with Gasteiger partial charge in [-0.3, -0.25) is 4.79 Å². The number of thioether (sulfide) groups is 1. The highest BCUT2D eigenvalue weighted by Crippen LogP contribution is 2.21. The average Bonchev–Trinajstić information content (AvgIpc) is 2.59. The molecule has 4 nitrogen and oxygen atoms in total. The second-order valence-corrected chi connectivity index (χ2v) is 6.94. The van der Waals surface area contributed by atoms with Crippen LogP contribution < -0.4 is 15.0 Å². The molecule has 0 aliphatic heterocycles. The summed E-state index contributed by atoms with van der Waals surface area (Å²) in [4.78, 5) is 14.5. The van der Waals surface area contributed by atoms with Crippen LogP contribution in [0.2, 0.25) is 0 Å². The van der Waals surface area contributed by atoms with Crippen molar-refractivity contribution < 1.29 is 14.4 Å². The molecule has 0 radical (unpaired) electrons. The van der Waals surface area contributed by atoms with Crippen molar-refractivity contribution in [2.24, 2.45) is 0 Å². The zero-order chi connectivity index (χ0) is 17.4. The number of amides is 1. The molecule has 0 aliphatic carbocycles. The van der Waals surface area contributed by atoms with Gasteiger partial charge in [0.05, 0.1) is 27.0 Å². The largest absolute Gasteiger partial charge is 0.497 e. The first-order valence-electron chi connectivity index (χ1n) is 7.98. The molecule has 24 heavy (non-hydrogen) atoms. The maximum Gasteiger partial charge on any atom is 0.230 e. The molecule has 0 atom stereocenters. The van der Waals surface area contributed by atoms with Gasteiger partial charge in [-0.15, -0.1) is 11.8 Å². The summed E-state index contributed by atoms with van der Waals surface area (Å²) in [6.45, 7) is 1.53. The molecular formula is C19H25N2O2S+. The van der Waals surface area contributed by atoms with Crippen molar-refractivity contribution in [3.05, 3.63) is 59.7 Å². The highest BCUT2D eigenvalue weighted by Gasteiger charge is 2.08. The average molecular weight is 345 g/mol. The Morgan fingerprint density at radius 3 is 2.38 bits per heavy atom. The van der Waals surface area contributed by atoms with Gasteiger partial charge < -0.3 is 15.0 Å². The Labute approximate surface area is 148 Å². The van der Waals surface area contributed by atoms with Gasteiger partial charge in [-0.2, -0.15) is 0 Å². The molecule has 0 fully saturated rings. The minimum atomic E-state index is 0.0443. The number of methoxy groups -OCH3 is 1. The molecule has 0 saturated carbocycles. The second-order valence-electron chi connectivity index (χ2n) is 5.89. The van der Waals surface area contributed by atoms with Crippen molar-refractivity contribution in [2.75, 3.05) is 27.0 Å². The highest BCUT2D eigenvalue weighted by molar-refractivity contribution is 8.00. The van der Waals surface area contributed by atoms with Crippen LogP contribution in [0.3, 0.4) is 0 Å². The van der Waals surface area contributed by atoms with Gasteiger partial charge in [0.25, 0.3) is 0 Å². The number of hydrogen-bond donors (Lipinski definition) is 2. The molecule has 2 rings (SSSR count). The van der Waals surface area contributed by atoms with Crippen molar-refractivity contribution in [1.29, 1.82) is 0 Å². The highest BCUT2D eigenvalue weighted by atomic mass is 32.2. The van der Waals surface area contributed by atoms with Gasteiger partial charge in [0.15, 0.2) is 0 Å². The van der Waals surface area contributed by atoms with E-state index in [2.05, 4.69) is 31.5 Å². The number of quaternary nitrogens is 1. The molecule has 0 spiro atoms. The summed E-state index contributed by atoms with van der Waals surface area (Å²) in [7, 11) is 5.90. The summed E-state index contributed by atoms with van der Waals surface area (Å²) in [6, 6.07) is 16.0. The summed E-state index contributed by atoms with van der Waals surface area (Å²) >= 11 is 1.53. The lowest BCUT2D eigenvalue weighted by Gasteiger charge is -2.13. The van der Waals surface area contributed by atoms with Crippen molar-refractivity contribution in [3.63, 3.8) is 0 Å². The van der Waals surface area contributed by atoms with E-state index in [1.807, 2.05) is 36.4 Å². The van der Waals surface area contributed by atoms with E-state index in [4.69, 9.17) is 4.74 Å². The number of hydrogen-bond acceptors (Lipinski definition) is 3. The first kappa shape index (κ1) is 18.4. The molecule has 2 N–H and O–H groups in total. The van der Waals surface area contributed by atoms with E-state index in [1.165, 1.54) is 27.8 Å². The van der Waals surface area contributed by atoms with Crippen LogP contribution in [0, 0.1) is 0 Å². The first-order chi connectivity index (χ1) is 11.6. The Balaban J connectivity index is 1.82. The number of carbonyl (C=O) groups is 1. The van der Waals surface area contributed by atoms with Gasteiger partial charge in [-0.1, -0.05) is 24.3 Å². The van der Waals surface area contributed by atoms with Crippen LogP contribution in [0.5, 0.6) is 5.75 Å². The normalized spacial score (nSPS) is 10.7. The first-order valence-corrected chi connectivity index (χ1v) is 8.96. The minimum Gasteiger partial charge on any atom is -0.497 e. The maximum atomic E-state index is 12.1. The molecule has 0 bridgehead atoms. The van der Waals surface area contributed by atoms with Crippen LogP contribution in [0.1, 0.15) is 11.1 Å². The van der Waals surface area contributed by atoms with Crippen LogP contribution in [-0.2, 0) is 17.9 Å². The van der Waals surface area contributed by atoms with E-state index in [0.29, 0.717) is 12.3 Å². The molecule has 0 saturated heterocycles. The zero-order valence-electron chi connectivity index (χ0n) is 14.5. The predicted molar refractivity (Wildman–Crippen MR) is 98.5 cm³/mol. The third kappa shape index (κ3) is 5.91.